The molecule has 0 saturated heterocycles. The van der Waals surface area contributed by atoms with Gasteiger partial charge in [0, 0.05) is 0 Å². The summed E-state index contributed by atoms with van der Waals surface area (Å²) in [6, 6.07) is 17.6. The van der Waals surface area contributed by atoms with E-state index in [-0.39, 0.29) is 11.7 Å². The monoisotopic (exact) mass is 421 g/mol. The summed E-state index contributed by atoms with van der Waals surface area (Å²) in [7, 11) is 1.62. The second kappa shape index (κ2) is 7.34. The molecule has 2 aromatic carbocycles. The van der Waals surface area contributed by atoms with Crippen molar-refractivity contribution in [3.63, 3.8) is 0 Å². The number of carbonyl (C=O) groups is 1. The smallest absolute Gasteiger partial charge is 0.236 e. The predicted octanol–water partition coefficient (Wildman–Crippen LogP) is 4.23. The van der Waals surface area contributed by atoms with Gasteiger partial charge in [-0.3, -0.25) is 9.20 Å². The number of pyridine rings is 1. The molecular weight excluding hydrogens is 406 g/mol. The van der Waals surface area contributed by atoms with Gasteiger partial charge in [-0.05, 0) is 41.8 Å². The van der Waals surface area contributed by atoms with E-state index in [2.05, 4.69) is 20.5 Å². The first-order chi connectivity index (χ1) is 14.2. The van der Waals surface area contributed by atoms with Crippen LogP contribution in [0.3, 0.4) is 0 Å². The lowest BCUT2D eigenvalue weighted by Crippen LogP contribution is -2.14. The molecule has 0 spiro atoms. The van der Waals surface area contributed by atoms with Gasteiger partial charge in [0.15, 0.2) is 15.9 Å². The molecule has 1 N–H and O–H groups in total. The minimum atomic E-state index is -0.141. The topological polar surface area (TPSA) is 81.4 Å². The van der Waals surface area contributed by atoms with Crippen molar-refractivity contribution < 1.29 is 9.53 Å². The number of hydrogen-bond donors (Lipinski definition) is 1. The number of aromatic nitrogens is 4. The molecule has 0 fully saturated rings. The average Bonchev–Trinajstić information content (AvgIpc) is 3.35. The van der Waals surface area contributed by atoms with Crippen molar-refractivity contribution in [2.45, 2.75) is 5.16 Å². The maximum atomic E-state index is 12.5. The number of nitrogens with one attached hydrogen (secondary N) is 1. The van der Waals surface area contributed by atoms with Crippen molar-refractivity contribution in [2.75, 3.05) is 18.2 Å². The van der Waals surface area contributed by atoms with Gasteiger partial charge in [0.2, 0.25) is 5.91 Å². The van der Waals surface area contributed by atoms with Crippen LogP contribution in [0.5, 0.6) is 5.75 Å². The van der Waals surface area contributed by atoms with Crippen LogP contribution in [-0.2, 0) is 4.79 Å². The number of ether oxygens (including phenoxy) is 1. The van der Waals surface area contributed by atoms with Gasteiger partial charge in [-0.1, -0.05) is 41.3 Å². The highest BCUT2D eigenvalue weighted by Gasteiger charge is 2.13. The maximum Gasteiger partial charge on any atom is 0.236 e. The van der Waals surface area contributed by atoms with E-state index < -0.39 is 0 Å². The molecule has 0 aliphatic heterocycles. The van der Waals surface area contributed by atoms with Gasteiger partial charge in [-0.25, -0.2) is 4.98 Å². The first-order valence-electron chi connectivity index (χ1n) is 8.81. The highest BCUT2D eigenvalue weighted by atomic mass is 32.2. The average molecular weight is 422 g/mol. The molecule has 0 aliphatic carbocycles. The number of thiazole rings is 1. The summed E-state index contributed by atoms with van der Waals surface area (Å²) in [5, 5.41) is 13.7. The molecule has 1 amide bonds. The Bertz CT molecular complexity index is 1360. The van der Waals surface area contributed by atoms with Crippen LogP contribution in [0.4, 0.5) is 5.13 Å². The number of para-hydroxylation sites is 1. The fourth-order valence-corrected chi connectivity index (χ4v) is 4.74. The third-order valence-electron chi connectivity index (χ3n) is 4.42. The fourth-order valence-electron chi connectivity index (χ4n) is 3.08. The van der Waals surface area contributed by atoms with Gasteiger partial charge in [-0.15, -0.1) is 10.2 Å². The molecule has 0 aliphatic rings. The Kier molecular flexibility index (Phi) is 4.53. The molecule has 29 heavy (non-hydrogen) atoms. The number of rotatable bonds is 5. The molecule has 0 unspecified atom stereocenters. The lowest BCUT2D eigenvalue weighted by atomic mass is 10.2. The summed E-state index contributed by atoms with van der Waals surface area (Å²) in [4.78, 5) is 16.9. The lowest BCUT2D eigenvalue weighted by Gasteiger charge is -2.04. The molecule has 5 rings (SSSR count). The largest absolute Gasteiger partial charge is 0.497 e. The van der Waals surface area contributed by atoms with E-state index >= 15 is 0 Å². The molecule has 5 aromatic rings. The minimum Gasteiger partial charge on any atom is -0.497 e. The zero-order valence-electron chi connectivity index (χ0n) is 15.3. The maximum absolute atomic E-state index is 12.5. The number of benzene rings is 2. The van der Waals surface area contributed by atoms with E-state index in [0.29, 0.717) is 10.3 Å². The summed E-state index contributed by atoms with van der Waals surface area (Å²) >= 11 is 2.76. The molecule has 0 atom stereocenters. The fraction of sp³-hybridized carbons (Fsp3) is 0.100. The van der Waals surface area contributed by atoms with E-state index in [1.165, 1.54) is 23.1 Å². The number of nitrogens with zero attached hydrogens (tertiary/aromatic N) is 4. The van der Waals surface area contributed by atoms with Crippen LogP contribution < -0.4 is 10.1 Å². The SMILES string of the molecule is COc1ccc2nc(NC(=O)CSc3nnc4ccc5ccccc5n34)sc2c1. The Labute approximate surface area is 173 Å². The molecule has 0 bridgehead atoms. The zero-order chi connectivity index (χ0) is 19.8. The number of methoxy groups -OCH3 is 1. The quantitative estimate of drug-likeness (QED) is 0.428. The van der Waals surface area contributed by atoms with Crippen LogP contribution in [0.1, 0.15) is 0 Å². The van der Waals surface area contributed by atoms with Crippen LogP contribution in [0.15, 0.2) is 59.8 Å². The van der Waals surface area contributed by atoms with Crippen LogP contribution >= 0.6 is 23.1 Å². The van der Waals surface area contributed by atoms with Crippen LogP contribution in [0.2, 0.25) is 0 Å². The highest BCUT2D eigenvalue weighted by molar-refractivity contribution is 7.99. The van der Waals surface area contributed by atoms with Crippen molar-refractivity contribution >= 4 is 60.9 Å². The lowest BCUT2D eigenvalue weighted by molar-refractivity contribution is -0.113. The van der Waals surface area contributed by atoms with Gasteiger partial charge >= 0.3 is 0 Å². The molecule has 9 heteroatoms. The number of carbonyl (C=O) groups excluding carboxylic acids is 1. The Morgan fingerprint density at radius 1 is 1.17 bits per heavy atom. The zero-order valence-corrected chi connectivity index (χ0v) is 17.0. The number of thioether (sulfide) groups is 1. The Morgan fingerprint density at radius 3 is 2.97 bits per heavy atom. The van der Waals surface area contributed by atoms with Crippen LogP contribution in [0, 0.1) is 0 Å². The first-order valence-corrected chi connectivity index (χ1v) is 10.6. The van der Waals surface area contributed by atoms with E-state index in [4.69, 9.17) is 4.74 Å². The molecule has 7 nitrogen and oxygen atoms in total. The summed E-state index contributed by atoms with van der Waals surface area (Å²) in [5.41, 5.74) is 2.60. The van der Waals surface area contributed by atoms with Gasteiger partial charge in [0.05, 0.1) is 28.6 Å². The third kappa shape index (κ3) is 3.39. The van der Waals surface area contributed by atoms with E-state index in [9.17, 15) is 4.79 Å². The molecule has 3 heterocycles. The van der Waals surface area contributed by atoms with Gasteiger partial charge in [0.25, 0.3) is 0 Å². The van der Waals surface area contributed by atoms with E-state index in [0.717, 1.165) is 32.5 Å². The summed E-state index contributed by atoms with van der Waals surface area (Å²) < 4.78 is 8.16. The molecular formula is C20H15N5O2S2. The van der Waals surface area contributed by atoms with Gasteiger partial charge in [0.1, 0.15) is 5.75 Å². The first kappa shape index (κ1) is 17.9. The second-order valence-electron chi connectivity index (χ2n) is 6.26. The van der Waals surface area contributed by atoms with Crippen molar-refractivity contribution in [3.8, 4) is 5.75 Å². The predicted molar refractivity (Wildman–Crippen MR) is 116 cm³/mol. The normalized spacial score (nSPS) is 11.3. The van der Waals surface area contributed by atoms with Gasteiger partial charge in [-0.2, -0.15) is 0 Å². The third-order valence-corrected chi connectivity index (χ3v) is 6.28. The number of amides is 1. The van der Waals surface area contributed by atoms with Crippen molar-refractivity contribution in [1.82, 2.24) is 19.6 Å². The van der Waals surface area contributed by atoms with E-state index in [1.54, 1.807) is 7.11 Å². The Morgan fingerprint density at radius 2 is 2.07 bits per heavy atom. The van der Waals surface area contributed by atoms with Gasteiger partial charge < -0.3 is 10.1 Å². The molecule has 0 radical (unpaired) electrons. The molecule has 3 aromatic heterocycles. The second-order valence-corrected chi connectivity index (χ2v) is 8.23. The van der Waals surface area contributed by atoms with Crippen molar-refractivity contribution in [3.05, 3.63) is 54.6 Å². The number of fused-ring (bicyclic) bond motifs is 4. The number of anilines is 1. The standard InChI is InChI=1S/C20H15N5O2S2/c1-27-13-7-8-14-16(10-13)29-19(21-14)22-18(26)11-28-20-24-23-17-9-6-12-4-2-3-5-15(12)25(17)20/h2-10H,11H2,1H3,(H,21,22,26). The molecule has 144 valence electrons. The van der Waals surface area contributed by atoms with Crippen molar-refractivity contribution in [1.29, 1.82) is 0 Å². The summed E-state index contributed by atoms with van der Waals surface area (Å²) in [6.07, 6.45) is 0. The summed E-state index contributed by atoms with van der Waals surface area (Å²) in [5.74, 6) is 0.835. The Balaban J connectivity index is 1.34. The highest BCUT2D eigenvalue weighted by Crippen LogP contribution is 2.29. The number of hydrogen-bond acceptors (Lipinski definition) is 7. The molecule has 0 saturated carbocycles. The van der Waals surface area contributed by atoms with Crippen LogP contribution in [0.25, 0.3) is 26.8 Å². The van der Waals surface area contributed by atoms with Crippen molar-refractivity contribution in [2.24, 2.45) is 0 Å². The minimum absolute atomic E-state index is 0.141. The van der Waals surface area contributed by atoms with Crippen LogP contribution in [-0.4, -0.2) is 38.4 Å². The summed E-state index contributed by atoms with van der Waals surface area (Å²) in [6.45, 7) is 0. The Hall–Kier alpha value is -3.17. The van der Waals surface area contributed by atoms with E-state index in [1.807, 2.05) is 59.0 Å².